The molecule has 1 saturated heterocycles. The van der Waals surface area contributed by atoms with Crippen LogP contribution < -0.4 is 10.6 Å². The third-order valence-corrected chi connectivity index (χ3v) is 4.45. The minimum Gasteiger partial charge on any atom is -0.367 e. The van der Waals surface area contributed by atoms with Crippen LogP contribution in [0.15, 0.2) is 42.6 Å². The number of rotatable bonds is 7. The summed E-state index contributed by atoms with van der Waals surface area (Å²) in [5.41, 5.74) is 2.39. The Labute approximate surface area is 153 Å². The summed E-state index contributed by atoms with van der Waals surface area (Å²) in [6.45, 7) is 4.25. The summed E-state index contributed by atoms with van der Waals surface area (Å²) in [5.74, 6) is 0.441. The molecule has 0 saturated carbocycles. The van der Waals surface area contributed by atoms with Gasteiger partial charge in [0.2, 0.25) is 0 Å². The molecule has 0 radical (unpaired) electrons. The molecule has 134 valence electrons. The van der Waals surface area contributed by atoms with E-state index in [9.17, 15) is 4.79 Å². The van der Waals surface area contributed by atoms with Crippen LogP contribution in [0.3, 0.4) is 0 Å². The zero-order valence-electron chi connectivity index (χ0n) is 14.7. The maximum atomic E-state index is 12.2. The Morgan fingerprint density at radius 3 is 2.65 bits per heavy atom. The van der Waals surface area contributed by atoms with Gasteiger partial charge in [-0.2, -0.15) is 5.26 Å². The number of hydrogen-bond donors (Lipinski definition) is 2. The highest BCUT2D eigenvalue weighted by Gasteiger charge is 2.12. The Morgan fingerprint density at radius 2 is 1.92 bits per heavy atom. The first kappa shape index (κ1) is 17.9. The van der Waals surface area contributed by atoms with Gasteiger partial charge in [0, 0.05) is 31.4 Å². The van der Waals surface area contributed by atoms with Crippen molar-refractivity contribution in [1.82, 2.24) is 15.2 Å². The molecule has 1 aromatic carbocycles. The fourth-order valence-electron chi connectivity index (χ4n) is 3.06. The maximum Gasteiger partial charge on any atom is 0.251 e. The number of anilines is 1. The van der Waals surface area contributed by atoms with Gasteiger partial charge in [-0.15, -0.1) is 0 Å². The smallest absolute Gasteiger partial charge is 0.251 e. The van der Waals surface area contributed by atoms with Gasteiger partial charge < -0.3 is 10.6 Å². The molecule has 3 rings (SSSR count). The van der Waals surface area contributed by atoms with Crippen molar-refractivity contribution in [2.24, 2.45) is 0 Å². The van der Waals surface area contributed by atoms with Gasteiger partial charge in [0.15, 0.2) is 0 Å². The van der Waals surface area contributed by atoms with E-state index in [0.29, 0.717) is 30.0 Å². The molecule has 2 aromatic rings. The summed E-state index contributed by atoms with van der Waals surface area (Å²) in [6.07, 6.45) is 4.19. The van der Waals surface area contributed by atoms with Crippen LogP contribution in [0.5, 0.6) is 0 Å². The van der Waals surface area contributed by atoms with Crippen LogP contribution >= 0.6 is 0 Å². The molecule has 0 bridgehead atoms. The monoisotopic (exact) mass is 349 g/mol. The number of likely N-dealkylation sites (tertiary alicyclic amines) is 1. The molecule has 0 aliphatic carbocycles. The zero-order valence-corrected chi connectivity index (χ0v) is 14.7. The lowest BCUT2D eigenvalue weighted by Crippen LogP contribution is -2.29. The Balaban J connectivity index is 1.43. The number of carbonyl (C=O) groups excluding carboxylic acids is 1. The molecule has 0 spiro atoms. The molecule has 6 nitrogen and oxygen atoms in total. The molecule has 1 amide bonds. The number of hydrogen-bond acceptors (Lipinski definition) is 5. The molecule has 26 heavy (non-hydrogen) atoms. The van der Waals surface area contributed by atoms with E-state index in [1.165, 1.54) is 31.5 Å². The van der Waals surface area contributed by atoms with Gasteiger partial charge in [-0.05, 0) is 55.8 Å². The maximum absolute atomic E-state index is 12.2. The summed E-state index contributed by atoms with van der Waals surface area (Å²) < 4.78 is 0. The van der Waals surface area contributed by atoms with E-state index in [1.54, 1.807) is 18.3 Å². The molecule has 0 atom stereocenters. The number of amides is 1. The van der Waals surface area contributed by atoms with E-state index in [-0.39, 0.29) is 5.91 Å². The highest BCUT2D eigenvalue weighted by Crippen LogP contribution is 2.13. The summed E-state index contributed by atoms with van der Waals surface area (Å²) in [5, 5.41) is 15.0. The number of aromatic nitrogens is 1. The number of nitriles is 1. The van der Waals surface area contributed by atoms with Crippen LogP contribution in [0.4, 0.5) is 5.82 Å². The predicted molar refractivity (Wildman–Crippen MR) is 101 cm³/mol. The summed E-state index contributed by atoms with van der Waals surface area (Å²) in [6, 6.07) is 13.3. The molecule has 1 fully saturated rings. The third-order valence-electron chi connectivity index (χ3n) is 4.45. The van der Waals surface area contributed by atoms with Gasteiger partial charge in [0.1, 0.15) is 11.9 Å². The van der Waals surface area contributed by atoms with Crippen LogP contribution in [-0.2, 0) is 6.54 Å². The van der Waals surface area contributed by atoms with Crippen molar-refractivity contribution in [2.45, 2.75) is 19.4 Å². The first-order valence-electron chi connectivity index (χ1n) is 8.95. The van der Waals surface area contributed by atoms with Gasteiger partial charge in [0.05, 0.1) is 5.56 Å². The fourth-order valence-corrected chi connectivity index (χ4v) is 3.06. The lowest BCUT2D eigenvalue weighted by Gasteiger charge is -2.14. The second-order valence-corrected chi connectivity index (χ2v) is 6.37. The van der Waals surface area contributed by atoms with Crippen molar-refractivity contribution in [3.05, 3.63) is 59.3 Å². The topological polar surface area (TPSA) is 81.0 Å². The number of nitrogens with one attached hydrogen (secondary N) is 2. The van der Waals surface area contributed by atoms with Gasteiger partial charge in [-0.3, -0.25) is 9.69 Å². The van der Waals surface area contributed by atoms with Crippen LogP contribution in [0, 0.1) is 11.3 Å². The standard InChI is InChI=1S/C20H23N5O/c21-14-18-4-3-9-22-19(18)23-10-11-24-20(26)17-7-5-16(6-8-17)15-25-12-1-2-13-25/h3-9H,1-2,10-13,15H2,(H,22,23)(H,24,26). The minimum atomic E-state index is -0.0962. The lowest BCUT2D eigenvalue weighted by molar-refractivity contribution is 0.0955. The molecular formula is C20H23N5O. The van der Waals surface area contributed by atoms with Gasteiger partial charge in [0.25, 0.3) is 5.91 Å². The summed E-state index contributed by atoms with van der Waals surface area (Å²) in [7, 11) is 0. The molecule has 1 aromatic heterocycles. The van der Waals surface area contributed by atoms with E-state index in [1.807, 2.05) is 24.3 Å². The minimum absolute atomic E-state index is 0.0962. The van der Waals surface area contributed by atoms with Crippen molar-refractivity contribution in [3.63, 3.8) is 0 Å². The molecule has 1 aliphatic rings. The van der Waals surface area contributed by atoms with Crippen LogP contribution in [0.2, 0.25) is 0 Å². The SMILES string of the molecule is N#Cc1cccnc1NCCNC(=O)c1ccc(CN2CCCC2)cc1. The second-order valence-electron chi connectivity index (χ2n) is 6.37. The first-order chi connectivity index (χ1) is 12.8. The first-order valence-corrected chi connectivity index (χ1v) is 8.95. The molecule has 0 unspecified atom stereocenters. The number of nitrogens with zero attached hydrogens (tertiary/aromatic N) is 3. The van der Waals surface area contributed by atoms with Crippen molar-refractivity contribution in [3.8, 4) is 6.07 Å². The van der Waals surface area contributed by atoms with Crippen molar-refractivity contribution in [2.75, 3.05) is 31.5 Å². The molecule has 2 heterocycles. The van der Waals surface area contributed by atoms with Crippen molar-refractivity contribution in [1.29, 1.82) is 5.26 Å². The van der Waals surface area contributed by atoms with E-state index in [0.717, 1.165) is 6.54 Å². The van der Waals surface area contributed by atoms with E-state index in [2.05, 4.69) is 26.6 Å². The Bertz CT molecular complexity index is 776. The average molecular weight is 349 g/mol. The van der Waals surface area contributed by atoms with Gasteiger partial charge in [-0.25, -0.2) is 4.98 Å². The highest BCUT2D eigenvalue weighted by molar-refractivity contribution is 5.94. The quantitative estimate of drug-likeness (QED) is 0.750. The summed E-state index contributed by atoms with van der Waals surface area (Å²) >= 11 is 0. The van der Waals surface area contributed by atoms with Crippen LogP contribution in [-0.4, -0.2) is 42.0 Å². The lowest BCUT2D eigenvalue weighted by atomic mass is 10.1. The fraction of sp³-hybridized carbons (Fsp3) is 0.350. The predicted octanol–water partition coefficient (Wildman–Crippen LogP) is 2.39. The van der Waals surface area contributed by atoms with Crippen molar-refractivity contribution < 1.29 is 4.79 Å². The summed E-state index contributed by atoms with van der Waals surface area (Å²) in [4.78, 5) is 18.8. The molecule has 6 heteroatoms. The Kier molecular flexibility index (Phi) is 6.18. The Morgan fingerprint density at radius 1 is 1.15 bits per heavy atom. The average Bonchev–Trinajstić information content (AvgIpc) is 3.19. The van der Waals surface area contributed by atoms with E-state index in [4.69, 9.17) is 5.26 Å². The van der Waals surface area contributed by atoms with Crippen LogP contribution in [0.25, 0.3) is 0 Å². The number of benzene rings is 1. The highest BCUT2D eigenvalue weighted by atomic mass is 16.1. The second kappa shape index (κ2) is 8.97. The van der Waals surface area contributed by atoms with Crippen molar-refractivity contribution >= 4 is 11.7 Å². The van der Waals surface area contributed by atoms with Gasteiger partial charge >= 0.3 is 0 Å². The number of carbonyl (C=O) groups is 1. The van der Waals surface area contributed by atoms with Gasteiger partial charge in [-0.1, -0.05) is 12.1 Å². The normalized spacial score (nSPS) is 14.0. The van der Waals surface area contributed by atoms with Crippen LogP contribution in [0.1, 0.15) is 34.3 Å². The Hall–Kier alpha value is -2.91. The number of pyridine rings is 1. The molecule has 1 aliphatic heterocycles. The van der Waals surface area contributed by atoms with E-state index >= 15 is 0 Å². The molecular weight excluding hydrogens is 326 g/mol. The molecule has 2 N–H and O–H groups in total. The third kappa shape index (κ3) is 4.80. The largest absolute Gasteiger partial charge is 0.367 e. The van der Waals surface area contributed by atoms with E-state index < -0.39 is 0 Å². The zero-order chi connectivity index (χ0) is 18.2.